The van der Waals surface area contributed by atoms with Gasteiger partial charge in [0.05, 0.1) is 0 Å². The second-order valence-electron chi connectivity index (χ2n) is 5.98. The summed E-state index contributed by atoms with van der Waals surface area (Å²) < 4.78 is 0. The minimum atomic E-state index is 0.0929. The fraction of sp³-hybridized carbons (Fsp3) is 0.400. The van der Waals surface area contributed by atoms with Crippen molar-refractivity contribution in [3.05, 3.63) is 71.8 Å². The Morgan fingerprint density at radius 1 is 0.500 bits per heavy atom. The number of hydrogen-bond acceptors (Lipinski definition) is 0. The fourth-order valence-electron chi connectivity index (χ4n) is 2.43. The lowest BCUT2D eigenvalue weighted by Crippen LogP contribution is -2.40. The van der Waals surface area contributed by atoms with Crippen molar-refractivity contribution in [3.8, 4) is 0 Å². The molecular formula is C20H28. The average molecular weight is 268 g/mol. The zero-order valence-electron chi connectivity index (χ0n) is 13.8. The van der Waals surface area contributed by atoms with Gasteiger partial charge in [0.1, 0.15) is 0 Å². The molecule has 0 fully saturated rings. The van der Waals surface area contributed by atoms with E-state index in [-0.39, 0.29) is 10.8 Å². The standard InChI is InChI=1S/C18H22.C2H6/c1-17(2,15-11-7-5-8-12-15)18(3,4)16-13-9-6-10-14-16;1-2/h5-14H,1-4H3;1-2H3. The molecule has 0 bridgehead atoms. The van der Waals surface area contributed by atoms with E-state index in [0.29, 0.717) is 0 Å². The van der Waals surface area contributed by atoms with E-state index >= 15 is 0 Å². The molecule has 2 aromatic carbocycles. The molecule has 108 valence electrons. The molecule has 0 nitrogen and oxygen atoms in total. The van der Waals surface area contributed by atoms with Crippen molar-refractivity contribution in [2.24, 2.45) is 0 Å². The van der Waals surface area contributed by atoms with Crippen molar-refractivity contribution < 1.29 is 0 Å². The van der Waals surface area contributed by atoms with Gasteiger partial charge in [-0.2, -0.15) is 0 Å². The number of rotatable bonds is 3. The molecule has 0 heteroatoms. The highest BCUT2D eigenvalue weighted by atomic mass is 14.4. The SMILES string of the molecule is CC.CC(C)(c1ccccc1)C(C)(C)c1ccccc1. The molecule has 0 unspecified atom stereocenters. The Kier molecular flexibility index (Phi) is 5.56. The average Bonchev–Trinajstić information content (AvgIpc) is 2.51. The van der Waals surface area contributed by atoms with E-state index in [1.165, 1.54) is 11.1 Å². The van der Waals surface area contributed by atoms with Gasteiger partial charge in [-0.1, -0.05) is 102 Å². The normalized spacial score (nSPS) is 11.5. The first-order valence-electron chi connectivity index (χ1n) is 7.57. The van der Waals surface area contributed by atoms with Crippen molar-refractivity contribution in [1.29, 1.82) is 0 Å². The lowest BCUT2D eigenvalue weighted by molar-refractivity contribution is 0.303. The predicted molar refractivity (Wildman–Crippen MR) is 90.3 cm³/mol. The zero-order valence-corrected chi connectivity index (χ0v) is 13.8. The van der Waals surface area contributed by atoms with Crippen LogP contribution in [0.3, 0.4) is 0 Å². The third-order valence-corrected chi connectivity index (χ3v) is 4.55. The minimum absolute atomic E-state index is 0.0929. The summed E-state index contributed by atoms with van der Waals surface area (Å²) in [7, 11) is 0. The predicted octanol–water partition coefficient (Wildman–Crippen LogP) is 5.97. The Labute approximate surface area is 124 Å². The molecule has 20 heavy (non-hydrogen) atoms. The highest BCUT2D eigenvalue weighted by Gasteiger charge is 2.39. The lowest BCUT2D eigenvalue weighted by atomic mass is 9.61. The van der Waals surface area contributed by atoms with Crippen LogP contribution in [0.5, 0.6) is 0 Å². The molecule has 0 amide bonds. The molecule has 0 radical (unpaired) electrons. The van der Waals surface area contributed by atoms with Gasteiger partial charge in [0.2, 0.25) is 0 Å². The third-order valence-electron chi connectivity index (χ3n) is 4.55. The molecule has 0 atom stereocenters. The van der Waals surface area contributed by atoms with Crippen LogP contribution in [0.2, 0.25) is 0 Å². The van der Waals surface area contributed by atoms with E-state index in [9.17, 15) is 0 Å². The van der Waals surface area contributed by atoms with Crippen LogP contribution in [0.25, 0.3) is 0 Å². The Balaban J connectivity index is 0.000000956. The van der Waals surface area contributed by atoms with Crippen LogP contribution < -0.4 is 0 Å². The number of hydrogen-bond donors (Lipinski definition) is 0. The number of benzene rings is 2. The summed E-state index contributed by atoms with van der Waals surface area (Å²) in [4.78, 5) is 0. The van der Waals surface area contributed by atoms with E-state index in [2.05, 4.69) is 88.4 Å². The Morgan fingerprint density at radius 3 is 1.00 bits per heavy atom. The van der Waals surface area contributed by atoms with Gasteiger partial charge in [-0.15, -0.1) is 0 Å². The lowest BCUT2D eigenvalue weighted by Gasteiger charge is -2.43. The monoisotopic (exact) mass is 268 g/mol. The molecule has 2 rings (SSSR count). The highest BCUT2D eigenvalue weighted by molar-refractivity contribution is 5.35. The first kappa shape index (κ1) is 16.5. The largest absolute Gasteiger partial charge is 0.0683 e. The van der Waals surface area contributed by atoms with Crippen LogP contribution >= 0.6 is 0 Å². The fourth-order valence-corrected chi connectivity index (χ4v) is 2.43. The van der Waals surface area contributed by atoms with Gasteiger partial charge >= 0.3 is 0 Å². The molecule has 0 aliphatic carbocycles. The van der Waals surface area contributed by atoms with Crippen molar-refractivity contribution in [3.63, 3.8) is 0 Å². The van der Waals surface area contributed by atoms with E-state index in [4.69, 9.17) is 0 Å². The maximum Gasteiger partial charge on any atom is -0.00120 e. The first-order chi connectivity index (χ1) is 9.46. The summed E-state index contributed by atoms with van der Waals surface area (Å²) in [6.45, 7) is 13.3. The molecule has 0 heterocycles. The molecule has 2 aromatic rings. The van der Waals surface area contributed by atoms with Crippen LogP contribution in [-0.2, 0) is 10.8 Å². The van der Waals surface area contributed by atoms with Gasteiger partial charge in [-0.05, 0) is 22.0 Å². The summed E-state index contributed by atoms with van der Waals surface area (Å²) in [5.74, 6) is 0. The van der Waals surface area contributed by atoms with Crippen molar-refractivity contribution >= 4 is 0 Å². The summed E-state index contributed by atoms with van der Waals surface area (Å²) in [5.41, 5.74) is 2.96. The van der Waals surface area contributed by atoms with Crippen molar-refractivity contribution in [2.45, 2.75) is 52.4 Å². The van der Waals surface area contributed by atoms with Gasteiger partial charge < -0.3 is 0 Å². The summed E-state index contributed by atoms with van der Waals surface area (Å²) in [6.07, 6.45) is 0. The molecule has 0 aliphatic rings. The van der Waals surface area contributed by atoms with Gasteiger partial charge in [-0.25, -0.2) is 0 Å². The Morgan fingerprint density at radius 2 is 0.750 bits per heavy atom. The first-order valence-corrected chi connectivity index (χ1v) is 7.57. The smallest absolute Gasteiger partial charge is 0.00120 e. The van der Waals surface area contributed by atoms with E-state index < -0.39 is 0 Å². The molecule has 0 saturated heterocycles. The van der Waals surface area contributed by atoms with Crippen molar-refractivity contribution in [1.82, 2.24) is 0 Å². The Bertz CT molecular complexity index is 443. The molecular weight excluding hydrogens is 240 g/mol. The van der Waals surface area contributed by atoms with Crippen LogP contribution in [-0.4, -0.2) is 0 Å². The van der Waals surface area contributed by atoms with Crippen LogP contribution in [0.4, 0.5) is 0 Å². The summed E-state index contributed by atoms with van der Waals surface area (Å²) >= 11 is 0. The van der Waals surface area contributed by atoms with E-state index in [1.54, 1.807) is 0 Å². The second kappa shape index (κ2) is 6.74. The highest BCUT2D eigenvalue weighted by Crippen LogP contribution is 2.43. The third kappa shape index (κ3) is 3.12. The molecule has 0 aromatic heterocycles. The summed E-state index contributed by atoms with van der Waals surface area (Å²) in [6, 6.07) is 21.6. The Hall–Kier alpha value is -1.56. The van der Waals surface area contributed by atoms with Crippen LogP contribution in [0.1, 0.15) is 52.7 Å². The van der Waals surface area contributed by atoms with Gasteiger partial charge in [0, 0.05) is 0 Å². The van der Waals surface area contributed by atoms with E-state index in [0.717, 1.165) is 0 Å². The van der Waals surface area contributed by atoms with Gasteiger partial charge in [0.15, 0.2) is 0 Å². The molecule has 0 saturated carbocycles. The maximum absolute atomic E-state index is 2.33. The molecule has 0 N–H and O–H groups in total. The van der Waals surface area contributed by atoms with Gasteiger partial charge in [-0.3, -0.25) is 0 Å². The second-order valence-corrected chi connectivity index (χ2v) is 5.98. The van der Waals surface area contributed by atoms with Gasteiger partial charge in [0.25, 0.3) is 0 Å². The van der Waals surface area contributed by atoms with E-state index in [1.807, 2.05) is 13.8 Å². The molecule has 0 spiro atoms. The zero-order chi connectivity index (χ0) is 15.2. The quantitative estimate of drug-likeness (QED) is 0.643. The minimum Gasteiger partial charge on any atom is -0.0683 e. The summed E-state index contributed by atoms with van der Waals surface area (Å²) in [5, 5.41) is 0. The van der Waals surface area contributed by atoms with Crippen LogP contribution in [0.15, 0.2) is 60.7 Å². The van der Waals surface area contributed by atoms with Crippen molar-refractivity contribution in [2.75, 3.05) is 0 Å². The maximum atomic E-state index is 2.33. The van der Waals surface area contributed by atoms with Crippen LogP contribution in [0, 0.1) is 0 Å². The molecule has 0 aliphatic heterocycles. The topological polar surface area (TPSA) is 0 Å².